The third-order valence-corrected chi connectivity index (χ3v) is 5.44. The Hall–Kier alpha value is -2.23. The van der Waals surface area contributed by atoms with Gasteiger partial charge in [0.1, 0.15) is 0 Å². The molecule has 1 aromatic heterocycles. The van der Waals surface area contributed by atoms with Crippen LogP contribution in [0.1, 0.15) is 48.3 Å². The Labute approximate surface area is 158 Å². The average Bonchev–Trinajstić information content (AvgIpc) is 3.00. The van der Waals surface area contributed by atoms with Crippen LogP contribution in [0.4, 0.5) is 13.2 Å². The smallest absolute Gasteiger partial charge is 0.349 e. The number of nitrogens with one attached hydrogen (secondary N) is 1. The van der Waals surface area contributed by atoms with Crippen molar-refractivity contribution < 1.29 is 18.0 Å². The minimum absolute atomic E-state index is 0.109. The molecule has 1 aliphatic carbocycles. The van der Waals surface area contributed by atoms with E-state index in [1.807, 2.05) is 13.0 Å². The number of aryl methyl sites for hydroxylation is 2. The summed E-state index contributed by atoms with van der Waals surface area (Å²) in [6.45, 7) is 1.88. The van der Waals surface area contributed by atoms with Crippen molar-refractivity contribution in [2.45, 2.75) is 50.0 Å². The maximum absolute atomic E-state index is 12.6. The second kappa shape index (κ2) is 7.79. The van der Waals surface area contributed by atoms with Gasteiger partial charge in [-0.2, -0.15) is 13.2 Å². The number of carbonyl (C=O) groups excluding carboxylic acids is 1. The van der Waals surface area contributed by atoms with Crippen LogP contribution in [0.25, 0.3) is 0 Å². The summed E-state index contributed by atoms with van der Waals surface area (Å²) in [4.78, 5) is 12.2. The SMILES string of the molecule is CC(NC(=O)CSc1nnc(C(F)(F)F)n1N)c1ccc2c(c1)CCCC2. The van der Waals surface area contributed by atoms with E-state index in [0.717, 1.165) is 30.2 Å². The zero-order valence-electron chi connectivity index (χ0n) is 14.7. The van der Waals surface area contributed by atoms with E-state index in [2.05, 4.69) is 27.6 Å². The average molecular weight is 399 g/mol. The quantitative estimate of drug-likeness (QED) is 0.597. The van der Waals surface area contributed by atoms with E-state index >= 15 is 0 Å². The van der Waals surface area contributed by atoms with Gasteiger partial charge in [0, 0.05) is 0 Å². The summed E-state index contributed by atoms with van der Waals surface area (Å²) in [5, 5.41) is 9.10. The number of carbonyl (C=O) groups is 1. The maximum atomic E-state index is 12.6. The van der Waals surface area contributed by atoms with E-state index in [4.69, 9.17) is 5.84 Å². The van der Waals surface area contributed by atoms with Gasteiger partial charge in [0.05, 0.1) is 11.8 Å². The molecule has 1 amide bonds. The number of rotatable bonds is 5. The molecule has 3 N–H and O–H groups in total. The molecule has 0 radical (unpaired) electrons. The second-order valence-electron chi connectivity index (χ2n) is 6.49. The van der Waals surface area contributed by atoms with Crippen molar-refractivity contribution >= 4 is 17.7 Å². The normalized spacial score (nSPS) is 15.3. The van der Waals surface area contributed by atoms with Gasteiger partial charge in [-0.25, -0.2) is 4.68 Å². The van der Waals surface area contributed by atoms with Crippen molar-refractivity contribution in [2.24, 2.45) is 0 Å². The Kier molecular flexibility index (Phi) is 5.64. The summed E-state index contributed by atoms with van der Waals surface area (Å²) in [6.07, 6.45) is -0.172. The number of benzene rings is 1. The van der Waals surface area contributed by atoms with Crippen LogP contribution in [-0.2, 0) is 23.8 Å². The van der Waals surface area contributed by atoms with Gasteiger partial charge >= 0.3 is 6.18 Å². The van der Waals surface area contributed by atoms with Crippen LogP contribution in [-0.4, -0.2) is 26.5 Å². The lowest BCUT2D eigenvalue weighted by atomic mass is 9.89. The highest BCUT2D eigenvalue weighted by atomic mass is 32.2. The van der Waals surface area contributed by atoms with Crippen LogP contribution in [0, 0.1) is 0 Å². The summed E-state index contributed by atoms with van der Waals surface area (Å²) < 4.78 is 38.3. The molecule has 3 rings (SSSR count). The van der Waals surface area contributed by atoms with E-state index in [-0.39, 0.29) is 22.9 Å². The number of aromatic nitrogens is 3. The monoisotopic (exact) mass is 399 g/mol. The number of hydrogen-bond acceptors (Lipinski definition) is 5. The van der Waals surface area contributed by atoms with Crippen molar-refractivity contribution in [3.05, 3.63) is 40.7 Å². The van der Waals surface area contributed by atoms with Crippen molar-refractivity contribution in [2.75, 3.05) is 11.6 Å². The lowest BCUT2D eigenvalue weighted by molar-refractivity contribution is -0.146. The van der Waals surface area contributed by atoms with E-state index in [0.29, 0.717) is 4.68 Å². The fraction of sp³-hybridized carbons (Fsp3) is 0.471. The van der Waals surface area contributed by atoms with Gasteiger partial charge in [-0.3, -0.25) is 4.79 Å². The first-order chi connectivity index (χ1) is 12.8. The van der Waals surface area contributed by atoms with Crippen molar-refractivity contribution in [1.82, 2.24) is 20.2 Å². The topological polar surface area (TPSA) is 85.8 Å². The third-order valence-electron chi connectivity index (χ3n) is 4.50. The molecule has 1 aliphatic rings. The minimum Gasteiger partial charge on any atom is -0.349 e. The molecule has 1 unspecified atom stereocenters. The molecule has 2 aromatic rings. The number of alkyl halides is 3. The summed E-state index contributed by atoms with van der Waals surface area (Å²) in [7, 11) is 0. The fourth-order valence-electron chi connectivity index (χ4n) is 3.09. The first-order valence-corrected chi connectivity index (χ1v) is 9.56. The fourth-order valence-corrected chi connectivity index (χ4v) is 3.76. The molecule has 1 heterocycles. The predicted octanol–water partition coefficient (Wildman–Crippen LogP) is 2.86. The van der Waals surface area contributed by atoms with Gasteiger partial charge in [0.15, 0.2) is 0 Å². The minimum atomic E-state index is -4.69. The van der Waals surface area contributed by atoms with Crippen LogP contribution in [0.15, 0.2) is 23.4 Å². The highest BCUT2D eigenvalue weighted by Gasteiger charge is 2.38. The Balaban J connectivity index is 1.57. The molecule has 27 heavy (non-hydrogen) atoms. The largest absolute Gasteiger partial charge is 0.453 e. The standard InChI is InChI=1S/C17H20F3N5OS/c1-10(12-7-6-11-4-2-3-5-13(11)8-12)22-14(26)9-27-16-24-23-15(25(16)21)17(18,19)20/h6-8,10H,2-5,9,21H2,1H3,(H,22,26). The highest BCUT2D eigenvalue weighted by molar-refractivity contribution is 7.99. The summed E-state index contributed by atoms with van der Waals surface area (Å²) >= 11 is 0.804. The summed E-state index contributed by atoms with van der Waals surface area (Å²) in [6, 6.07) is 6.04. The van der Waals surface area contributed by atoms with Crippen LogP contribution < -0.4 is 11.2 Å². The number of hydrogen-bond donors (Lipinski definition) is 2. The van der Waals surface area contributed by atoms with E-state index in [1.54, 1.807) is 0 Å². The van der Waals surface area contributed by atoms with Crippen LogP contribution >= 0.6 is 11.8 Å². The lowest BCUT2D eigenvalue weighted by Gasteiger charge is -2.20. The Morgan fingerprint density at radius 3 is 2.67 bits per heavy atom. The van der Waals surface area contributed by atoms with Crippen molar-refractivity contribution in [3.8, 4) is 0 Å². The number of halogens is 3. The summed E-state index contributed by atoms with van der Waals surface area (Å²) in [5.74, 6) is 3.63. The number of nitrogens with two attached hydrogens (primary N) is 1. The molecular weight excluding hydrogens is 379 g/mol. The van der Waals surface area contributed by atoms with Gasteiger partial charge in [-0.1, -0.05) is 30.0 Å². The van der Waals surface area contributed by atoms with E-state index in [9.17, 15) is 18.0 Å². The number of fused-ring (bicyclic) bond motifs is 1. The molecule has 0 aliphatic heterocycles. The molecular formula is C17H20F3N5OS. The third kappa shape index (κ3) is 4.55. The van der Waals surface area contributed by atoms with Crippen LogP contribution in [0.3, 0.4) is 0 Å². The molecule has 0 bridgehead atoms. The lowest BCUT2D eigenvalue weighted by Crippen LogP contribution is -2.28. The molecule has 1 atom stereocenters. The molecule has 0 saturated heterocycles. The van der Waals surface area contributed by atoms with Crippen LogP contribution in [0.2, 0.25) is 0 Å². The molecule has 6 nitrogen and oxygen atoms in total. The van der Waals surface area contributed by atoms with Gasteiger partial charge in [0.25, 0.3) is 5.82 Å². The van der Waals surface area contributed by atoms with Gasteiger partial charge in [-0.05, 0) is 49.3 Å². The maximum Gasteiger partial charge on any atom is 0.453 e. The Morgan fingerprint density at radius 1 is 1.30 bits per heavy atom. The Bertz CT molecular complexity index is 836. The zero-order chi connectivity index (χ0) is 19.6. The second-order valence-corrected chi connectivity index (χ2v) is 7.43. The molecule has 1 aromatic carbocycles. The first-order valence-electron chi connectivity index (χ1n) is 8.57. The van der Waals surface area contributed by atoms with E-state index < -0.39 is 12.0 Å². The number of thioether (sulfide) groups is 1. The van der Waals surface area contributed by atoms with Gasteiger partial charge < -0.3 is 11.2 Å². The molecule has 0 spiro atoms. The van der Waals surface area contributed by atoms with Gasteiger partial charge in [0.2, 0.25) is 11.1 Å². The van der Waals surface area contributed by atoms with Crippen molar-refractivity contribution in [1.29, 1.82) is 0 Å². The molecule has 0 saturated carbocycles. The Morgan fingerprint density at radius 2 is 2.00 bits per heavy atom. The van der Waals surface area contributed by atoms with Crippen molar-refractivity contribution in [3.63, 3.8) is 0 Å². The molecule has 10 heteroatoms. The highest BCUT2D eigenvalue weighted by Crippen LogP contribution is 2.29. The molecule has 146 valence electrons. The number of nitrogen functional groups attached to an aromatic ring is 1. The van der Waals surface area contributed by atoms with E-state index in [1.165, 1.54) is 24.0 Å². The molecule has 0 fully saturated rings. The zero-order valence-corrected chi connectivity index (χ0v) is 15.5. The summed E-state index contributed by atoms with van der Waals surface area (Å²) in [5.41, 5.74) is 3.70. The number of nitrogens with zero attached hydrogens (tertiary/aromatic N) is 3. The number of amides is 1. The predicted molar refractivity (Wildman–Crippen MR) is 95.5 cm³/mol. The first kappa shape index (κ1) is 19.5. The van der Waals surface area contributed by atoms with Crippen LogP contribution in [0.5, 0.6) is 0 Å². The van der Waals surface area contributed by atoms with Gasteiger partial charge in [-0.15, -0.1) is 10.2 Å².